The number of benzene rings is 1. The summed E-state index contributed by atoms with van der Waals surface area (Å²) in [4.78, 5) is 17.6. The molecule has 0 radical (unpaired) electrons. The van der Waals surface area contributed by atoms with Gasteiger partial charge in [-0.2, -0.15) is 5.26 Å². The molecule has 0 bridgehead atoms. The number of nitriles is 1. The van der Waals surface area contributed by atoms with Crippen LogP contribution in [0.15, 0.2) is 18.2 Å². The van der Waals surface area contributed by atoms with Crippen molar-refractivity contribution in [2.24, 2.45) is 11.8 Å². The van der Waals surface area contributed by atoms with Gasteiger partial charge in [-0.05, 0) is 74.1 Å². The molecule has 29 heavy (non-hydrogen) atoms. The number of hydrogen-bond acceptors (Lipinski definition) is 3. The van der Waals surface area contributed by atoms with Gasteiger partial charge in [0, 0.05) is 30.9 Å². The maximum absolute atomic E-state index is 13.8. The summed E-state index contributed by atoms with van der Waals surface area (Å²) in [7, 11) is 0. The molecule has 4 rings (SSSR count). The van der Waals surface area contributed by atoms with Crippen LogP contribution in [0.3, 0.4) is 0 Å². The maximum atomic E-state index is 13.8. The molecule has 1 saturated carbocycles. The fourth-order valence-electron chi connectivity index (χ4n) is 5.75. The second-order valence-electron chi connectivity index (χ2n) is 9.41. The van der Waals surface area contributed by atoms with Gasteiger partial charge in [-0.1, -0.05) is 13.8 Å². The van der Waals surface area contributed by atoms with Crippen LogP contribution in [0, 0.1) is 29.0 Å². The third kappa shape index (κ3) is 3.92. The molecule has 156 valence electrons. The molecule has 1 aromatic carbocycles. The Morgan fingerprint density at radius 1 is 1.10 bits per heavy atom. The molecule has 2 aliphatic heterocycles. The van der Waals surface area contributed by atoms with Crippen molar-refractivity contribution < 1.29 is 9.18 Å². The van der Waals surface area contributed by atoms with Gasteiger partial charge in [0.25, 0.3) is 0 Å². The van der Waals surface area contributed by atoms with Crippen molar-refractivity contribution in [1.29, 1.82) is 5.26 Å². The first kappa shape index (κ1) is 20.3. The van der Waals surface area contributed by atoms with Crippen molar-refractivity contribution in [3.05, 3.63) is 29.6 Å². The summed E-state index contributed by atoms with van der Waals surface area (Å²) in [5.41, 5.74) is 1.50. The molecular formula is C24H32FN3O. The highest BCUT2D eigenvalue weighted by Crippen LogP contribution is 2.42. The van der Waals surface area contributed by atoms with Gasteiger partial charge < -0.3 is 9.80 Å². The average molecular weight is 398 g/mol. The molecular weight excluding hydrogens is 365 g/mol. The molecule has 4 nitrogen and oxygen atoms in total. The SMILES string of the molecule is CC(C)[C@H]1CC[C@@H](N2CCC(N3C(=O)C(CC#N)c4cc(F)ccc43)CC2)CC1. The standard InChI is InChI=1S/C24H32FN3O/c1-16(2)17-3-6-19(7-4-17)27-13-10-20(11-14-27)28-23-8-5-18(25)15-22(23)21(9-12-26)24(28)29/h5,8,15-17,19-21H,3-4,6-7,9-11,13-14H2,1-2H3/t17-,19+,21?. The van der Waals surface area contributed by atoms with Gasteiger partial charge in [-0.15, -0.1) is 0 Å². The van der Waals surface area contributed by atoms with E-state index in [-0.39, 0.29) is 24.2 Å². The third-order valence-electron chi connectivity index (χ3n) is 7.52. The van der Waals surface area contributed by atoms with Crippen LogP contribution in [-0.4, -0.2) is 36.0 Å². The van der Waals surface area contributed by atoms with E-state index in [0.29, 0.717) is 11.6 Å². The van der Waals surface area contributed by atoms with Gasteiger partial charge in [0.15, 0.2) is 0 Å². The number of likely N-dealkylation sites (tertiary alicyclic amines) is 1. The lowest BCUT2D eigenvalue weighted by Crippen LogP contribution is -2.50. The second-order valence-corrected chi connectivity index (χ2v) is 9.41. The molecule has 1 saturated heterocycles. The Hall–Kier alpha value is -1.93. The highest BCUT2D eigenvalue weighted by atomic mass is 19.1. The zero-order valence-electron chi connectivity index (χ0n) is 17.6. The predicted octanol–water partition coefficient (Wildman–Crippen LogP) is 4.85. The molecule has 0 spiro atoms. The largest absolute Gasteiger partial charge is 0.308 e. The van der Waals surface area contributed by atoms with E-state index in [9.17, 15) is 9.18 Å². The number of nitrogens with zero attached hydrogens (tertiary/aromatic N) is 3. The molecule has 3 aliphatic rings. The Kier molecular flexibility index (Phi) is 5.92. The van der Waals surface area contributed by atoms with E-state index in [1.54, 1.807) is 6.07 Å². The Morgan fingerprint density at radius 2 is 1.79 bits per heavy atom. The van der Waals surface area contributed by atoms with Crippen molar-refractivity contribution in [3.63, 3.8) is 0 Å². The first-order chi connectivity index (χ1) is 14.0. The normalized spacial score (nSPS) is 28.6. The van der Waals surface area contributed by atoms with E-state index in [4.69, 9.17) is 5.26 Å². The van der Waals surface area contributed by atoms with Gasteiger partial charge in [0.1, 0.15) is 5.82 Å². The summed E-state index contributed by atoms with van der Waals surface area (Å²) in [6, 6.07) is 7.54. The number of rotatable bonds is 4. The lowest BCUT2D eigenvalue weighted by molar-refractivity contribution is -0.119. The minimum Gasteiger partial charge on any atom is -0.308 e. The minimum atomic E-state index is -0.518. The molecule has 1 atom stereocenters. The molecule has 2 heterocycles. The van der Waals surface area contributed by atoms with Gasteiger partial charge in [-0.3, -0.25) is 4.79 Å². The van der Waals surface area contributed by atoms with Crippen molar-refractivity contribution >= 4 is 11.6 Å². The van der Waals surface area contributed by atoms with Crippen LogP contribution in [-0.2, 0) is 4.79 Å². The number of anilines is 1. The number of piperidine rings is 1. The number of fused-ring (bicyclic) bond motifs is 1. The smallest absolute Gasteiger partial charge is 0.235 e. The average Bonchev–Trinajstić information content (AvgIpc) is 2.99. The third-order valence-corrected chi connectivity index (χ3v) is 7.52. The van der Waals surface area contributed by atoms with E-state index in [2.05, 4.69) is 24.8 Å². The zero-order chi connectivity index (χ0) is 20.5. The quantitative estimate of drug-likeness (QED) is 0.730. The first-order valence-corrected chi connectivity index (χ1v) is 11.2. The van der Waals surface area contributed by atoms with Crippen LogP contribution in [0.5, 0.6) is 0 Å². The Labute approximate surface area is 173 Å². The number of carbonyl (C=O) groups excluding carboxylic acids is 1. The highest BCUT2D eigenvalue weighted by molar-refractivity contribution is 6.05. The van der Waals surface area contributed by atoms with E-state index < -0.39 is 5.92 Å². The van der Waals surface area contributed by atoms with Crippen LogP contribution in [0.25, 0.3) is 0 Å². The lowest BCUT2D eigenvalue weighted by atomic mass is 9.79. The summed E-state index contributed by atoms with van der Waals surface area (Å²) >= 11 is 0. The van der Waals surface area contributed by atoms with Crippen LogP contribution < -0.4 is 4.90 Å². The molecule has 1 amide bonds. The molecule has 5 heteroatoms. The Morgan fingerprint density at radius 3 is 2.41 bits per heavy atom. The number of carbonyl (C=O) groups is 1. The van der Waals surface area contributed by atoms with E-state index >= 15 is 0 Å². The summed E-state index contributed by atoms with van der Waals surface area (Å²) in [5, 5.41) is 9.15. The predicted molar refractivity (Wildman–Crippen MR) is 112 cm³/mol. The van der Waals surface area contributed by atoms with Crippen molar-refractivity contribution in [2.75, 3.05) is 18.0 Å². The lowest BCUT2D eigenvalue weighted by Gasteiger charge is -2.43. The minimum absolute atomic E-state index is 0.0250. The zero-order valence-corrected chi connectivity index (χ0v) is 17.6. The summed E-state index contributed by atoms with van der Waals surface area (Å²) < 4.78 is 13.8. The second kappa shape index (κ2) is 8.44. The summed E-state index contributed by atoms with van der Waals surface area (Å²) in [5.74, 6) is 0.778. The van der Waals surface area contributed by atoms with Gasteiger partial charge in [0.2, 0.25) is 5.91 Å². The number of hydrogen-bond donors (Lipinski definition) is 0. The summed E-state index contributed by atoms with van der Waals surface area (Å²) in [6.45, 7) is 6.72. The molecule has 0 N–H and O–H groups in total. The number of amides is 1. The van der Waals surface area contributed by atoms with Crippen LogP contribution >= 0.6 is 0 Å². The number of halogens is 1. The van der Waals surface area contributed by atoms with E-state index in [1.165, 1.54) is 37.8 Å². The Bertz CT molecular complexity index is 786. The van der Waals surface area contributed by atoms with Crippen molar-refractivity contribution in [1.82, 2.24) is 4.90 Å². The van der Waals surface area contributed by atoms with E-state index in [0.717, 1.165) is 43.5 Å². The topological polar surface area (TPSA) is 47.3 Å². The van der Waals surface area contributed by atoms with Gasteiger partial charge in [-0.25, -0.2) is 4.39 Å². The molecule has 1 unspecified atom stereocenters. The van der Waals surface area contributed by atoms with Crippen molar-refractivity contribution in [3.8, 4) is 6.07 Å². The van der Waals surface area contributed by atoms with Gasteiger partial charge in [0.05, 0.1) is 18.4 Å². The monoisotopic (exact) mass is 397 g/mol. The van der Waals surface area contributed by atoms with Crippen LogP contribution in [0.1, 0.15) is 70.3 Å². The fraction of sp³-hybridized carbons (Fsp3) is 0.667. The summed E-state index contributed by atoms with van der Waals surface area (Å²) in [6.07, 6.45) is 7.27. The van der Waals surface area contributed by atoms with Crippen LogP contribution in [0.2, 0.25) is 0 Å². The van der Waals surface area contributed by atoms with E-state index in [1.807, 2.05) is 4.90 Å². The molecule has 2 fully saturated rings. The van der Waals surface area contributed by atoms with Crippen LogP contribution in [0.4, 0.5) is 10.1 Å². The molecule has 0 aromatic heterocycles. The first-order valence-electron chi connectivity index (χ1n) is 11.2. The molecule has 1 aliphatic carbocycles. The molecule has 1 aromatic rings. The fourth-order valence-corrected chi connectivity index (χ4v) is 5.75. The maximum Gasteiger partial charge on any atom is 0.235 e. The van der Waals surface area contributed by atoms with Crippen molar-refractivity contribution in [2.45, 2.75) is 76.8 Å². The highest BCUT2D eigenvalue weighted by Gasteiger charge is 2.42. The Balaban J connectivity index is 1.41. The van der Waals surface area contributed by atoms with Gasteiger partial charge >= 0.3 is 0 Å².